The van der Waals surface area contributed by atoms with Crippen LogP contribution in [0.4, 0.5) is 18.9 Å². The zero-order valence-corrected chi connectivity index (χ0v) is 9.53. The number of rotatable bonds is 4. The maximum Gasteiger partial charge on any atom is 0.441 e. The molecule has 1 N–H and O–H groups in total. The predicted molar refractivity (Wildman–Crippen MR) is 59.6 cm³/mol. The molecule has 1 aliphatic rings. The Labute approximate surface area is 100 Å². The van der Waals surface area contributed by atoms with Crippen LogP contribution < -0.4 is 14.8 Å². The fourth-order valence-corrected chi connectivity index (χ4v) is 1.80. The lowest BCUT2D eigenvalue weighted by molar-refractivity contribution is -0.0327. The van der Waals surface area contributed by atoms with Gasteiger partial charge in [0, 0.05) is 24.1 Å². The SMILES string of the molecule is FC(F)(F)SCCNc1ccc2c(c1)OCO2. The molecule has 0 bridgehead atoms. The Kier molecular flexibility index (Phi) is 3.56. The molecule has 0 unspecified atom stereocenters. The smallest absolute Gasteiger partial charge is 0.441 e. The maximum atomic E-state index is 11.9. The highest BCUT2D eigenvalue weighted by Gasteiger charge is 2.27. The van der Waals surface area contributed by atoms with Crippen LogP contribution in [0.15, 0.2) is 18.2 Å². The number of ether oxygens (including phenoxy) is 2. The van der Waals surface area contributed by atoms with Crippen molar-refractivity contribution < 1.29 is 22.6 Å². The second-order valence-electron chi connectivity index (χ2n) is 3.29. The van der Waals surface area contributed by atoms with Crippen LogP contribution in [0, 0.1) is 0 Å². The first-order chi connectivity index (χ1) is 8.04. The second-order valence-corrected chi connectivity index (χ2v) is 4.45. The molecule has 0 atom stereocenters. The topological polar surface area (TPSA) is 30.5 Å². The monoisotopic (exact) mass is 265 g/mol. The lowest BCUT2D eigenvalue weighted by Crippen LogP contribution is -2.09. The number of thioether (sulfide) groups is 1. The van der Waals surface area contributed by atoms with Gasteiger partial charge in [0.1, 0.15) is 0 Å². The first-order valence-electron chi connectivity index (χ1n) is 4.89. The zero-order valence-electron chi connectivity index (χ0n) is 8.71. The van der Waals surface area contributed by atoms with Crippen molar-refractivity contribution in [3.05, 3.63) is 18.2 Å². The molecular weight excluding hydrogens is 255 g/mol. The van der Waals surface area contributed by atoms with Gasteiger partial charge in [0.25, 0.3) is 0 Å². The molecule has 0 saturated heterocycles. The Morgan fingerprint density at radius 3 is 2.76 bits per heavy atom. The first-order valence-corrected chi connectivity index (χ1v) is 5.87. The van der Waals surface area contributed by atoms with E-state index in [9.17, 15) is 13.2 Å². The van der Waals surface area contributed by atoms with Gasteiger partial charge in [-0.1, -0.05) is 0 Å². The van der Waals surface area contributed by atoms with Gasteiger partial charge in [-0.2, -0.15) is 13.2 Å². The maximum absolute atomic E-state index is 11.9. The van der Waals surface area contributed by atoms with Crippen molar-refractivity contribution in [2.24, 2.45) is 0 Å². The van der Waals surface area contributed by atoms with Crippen LogP contribution in [0.1, 0.15) is 0 Å². The third-order valence-corrected chi connectivity index (χ3v) is 2.81. The van der Waals surface area contributed by atoms with Crippen LogP contribution >= 0.6 is 11.8 Å². The van der Waals surface area contributed by atoms with Crippen molar-refractivity contribution in [2.75, 3.05) is 24.4 Å². The van der Waals surface area contributed by atoms with Gasteiger partial charge in [0.15, 0.2) is 11.5 Å². The number of hydrogen-bond acceptors (Lipinski definition) is 4. The lowest BCUT2D eigenvalue weighted by Gasteiger charge is -2.08. The third kappa shape index (κ3) is 3.62. The van der Waals surface area contributed by atoms with E-state index in [1.807, 2.05) is 0 Å². The molecule has 0 fully saturated rings. The van der Waals surface area contributed by atoms with Crippen LogP contribution in [0.3, 0.4) is 0 Å². The summed E-state index contributed by atoms with van der Waals surface area (Å²) in [5.41, 5.74) is -3.45. The van der Waals surface area contributed by atoms with Crippen LogP contribution in [-0.2, 0) is 0 Å². The van der Waals surface area contributed by atoms with Crippen LogP contribution in [-0.4, -0.2) is 24.6 Å². The second kappa shape index (κ2) is 4.95. The molecule has 1 aliphatic heterocycles. The number of benzene rings is 1. The van der Waals surface area contributed by atoms with Gasteiger partial charge in [-0.3, -0.25) is 0 Å². The quantitative estimate of drug-likeness (QED) is 0.847. The van der Waals surface area contributed by atoms with Gasteiger partial charge in [-0.05, 0) is 23.9 Å². The Bertz CT molecular complexity index is 398. The van der Waals surface area contributed by atoms with E-state index in [2.05, 4.69) is 5.32 Å². The summed E-state index contributed by atoms with van der Waals surface area (Å²) in [5, 5.41) is 2.89. The minimum absolute atomic E-state index is 0.0298. The van der Waals surface area contributed by atoms with Crippen LogP contribution in [0.25, 0.3) is 0 Å². The van der Waals surface area contributed by atoms with E-state index < -0.39 is 5.51 Å². The molecule has 0 saturated carbocycles. The molecule has 1 aromatic rings. The molecule has 0 aromatic heterocycles. The molecule has 1 aromatic carbocycles. The molecule has 94 valence electrons. The normalized spacial score (nSPS) is 13.8. The van der Waals surface area contributed by atoms with Crippen molar-refractivity contribution in [3.8, 4) is 11.5 Å². The van der Waals surface area contributed by atoms with Crippen LogP contribution in [0.2, 0.25) is 0 Å². The standard InChI is InChI=1S/C10H10F3NO2S/c11-10(12,13)17-4-3-14-7-1-2-8-9(5-7)16-6-15-8/h1-2,5,14H,3-4,6H2. The summed E-state index contributed by atoms with van der Waals surface area (Å²) in [6.45, 7) is 0.423. The molecule has 2 rings (SSSR count). The van der Waals surface area contributed by atoms with Gasteiger partial charge < -0.3 is 14.8 Å². The molecule has 0 amide bonds. The number of hydrogen-bond donors (Lipinski definition) is 1. The Morgan fingerprint density at radius 1 is 1.24 bits per heavy atom. The van der Waals surface area contributed by atoms with Crippen molar-refractivity contribution >= 4 is 17.4 Å². The van der Waals surface area contributed by atoms with E-state index in [0.29, 0.717) is 11.5 Å². The predicted octanol–water partition coefficient (Wildman–Crippen LogP) is 3.08. The Balaban J connectivity index is 1.80. The fraction of sp³-hybridized carbons (Fsp3) is 0.400. The van der Waals surface area contributed by atoms with E-state index >= 15 is 0 Å². The molecule has 7 heteroatoms. The lowest BCUT2D eigenvalue weighted by atomic mass is 10.3. The number of fused-ring (bicyclic) bond motifs is 1. The molecule has 1 heterocycles. The first kappa shape index (κ1) is 12.2. The molecule has 0 radical (unpaired) electrons. The largest absolute Gasteiger partial charge is 0.454 e. The summed E-state index contributed by atoms with van der Waals surface area (Å²) in [7, 11) is 0. The molecule has 0 spiro atoms. The third-order valence-electron chi connectivity index (χ3n) is 2.07. The number of nitrogens with one attached hydrogen (secondary N) is 1. The number of alkyl halides is 3. The highest BCUT2D eigenvalue weighted by Crippen LogP contribution is 2.34. The van der Waals surface area contributed by atoms with Crippen LogP contribution in [0.5, 0.6) is 11.5 Å². The summed E-state index contributed by atoms with van der Waals surface area (Å²) >= 11 is -0.0402. The summed E-state index contributed by atoms with van der Waals surface area (Å²) in [5.74, 6) is 1.23. The van der Waals surface area contributed by atoms with Gasteiger partial charge in [0.2, 0.25) is 6.79 Å². The Morgan fingerprint density at radius 2 is 2.00 bits per heavy atom. The Hall–Kier alpha value is -1.24. The van der Waals surface area contributed by atoms with E-state index in [1.54, 1.807) is 18.2 Å². The summed E-state index contributed by atoms with van der Waals surface area (Å²) in [6.07, 6.45) is 0. The minimum atomic E-state index is -4.17. The van der Waals surface area contributed by atoms with E-state index in [-0.39, 0.29) is 30.9 Å². The average molecular weight is 265 g/mol. The molecular formula is C10H10F3NO2S. The minimum Gasteiger partial charge on any atom is -0.454 e. The molecule has 3 nitrogen and oxygen atoms in total. The van der Waals surface area contributed by atoms with Crippen molar-refractivity contribution in [1.82, 2.24) is 0 Å². The van der Waals surface area contributed by atoms with Gasteiger partial charge >= 0.3 is 5.51 Å². The average Bonchev–Trinajstić information content (AvgIpc) is 2.70. The van der Waals surface area contributed by atoms with E-state index in [0.717, 1.165) is 5.69 Å². The highest BCUT2D eigenvalue weighted by molar-refractivity contribution is 8.00. The van der Waals surface area contributed by atoms with Crippen molar-refractivity contribution in [2.45, 2.75) is 5.51 Å². The molecule has 0 aliphatic carbocycles. The zero-order chi connectivity index (χ0) is 12.3. The fourth-order valence-electron chi connectivity index (χ4n) is 1.37. The van der Waals surface area contributed by atoms with Gasteiger partial charge in [0.05, 0.1) is 0 Å². The highest BCUT2D eigenvalue weighted by atomic mass is 32.2. The van der Waals surface area contributed by atoms with E-state index in [1.165, 1.54) is 0 Å². The number of anilines is 1. The summed E-state index contributed by atoms with van der Waals surface area (Å²) in [6, 6.07) is 5.17. The van der Waals surface area contributed by atoms with Gasteiger partial charge in [-0.25, -0.2) is 0 Å². The summed E-state index contributed by atoms with van der Waals surface area (Å²) in [4.78, 5) is 0. The van der Waals surface area contributed by atoms with Crippen molar-refractivity contribution in [3.63, 3.8) is 0 Å². The summed E-state index contributed by atoms with van der Waals surface area (Å²) < 4.78 is 45.9. The van der Waals surface area contributed by atoms with Crippen molar-refractivity contribution in [1.29, 1.82) is 0 Å². The van der Waals surface area contributed by atoms with E-state index in [4.69, 9.17) is 9.47 Å². The molecule has 17 heavy (non-hydrogen) atoms. The van der Waals surface area contributed by atoms with Gasteiger partial charge in [-0.15, -0.1) is 0 Å². The number of halogens is 3.